The maximum absolute atomic E-state index is 5.71. The van der Waals surface area contributed by atoms with Gasteiger partial charge < -0.3 is 9.88 Å². The van der Waals surface area contributed by atoms with E-state index in [1.165, 1.54) is 11.9 Å². The summed E-state index contributed by atoms with van der Waals surface area (Å²) in [5, 5.41) is 3.28. The minimum absolute atomic E-state index is 0.594. The summed E-state index contributed by atoms with van der Waals surface area (Å²) in [6, 6.07) is 8.23. The number of unbranched alkanes of at least 4 members (excludes halogenated alkanes) is 1. The minimum atomic E-state index is 0.594. The molecule has 2 aromatic rings. The Bertz CT molecular complexity index is 478. The Kier molecular flexibility index (Phi) is 4.26. The lowest BCUT2D eigenvalue weighted by atomic mass is 10.3. The summed E-state index contributed by atoms with van der Waals surface area (Å²) in [7, 11) is 0. The highest BCUT2D eigenvalue weighted by Gasteiger charge is 2.08. The normalized spacial score (nSPS) is 10.9. The van der Waals surface area contributed by atoms with Crippen LogP contribution in [0.3, 0.4) is 0 Å². The SMILES string of the molecule is CCCCn1c(NCCCl)nc2ccccc21. The largest absolute Gasteiger partial charge is 0.354 e. The fourth-order valence-electron chi connectivity index (χ4n) is 1.91. The number of fused-ring (bicyclic) bond motifs is 1. The van der Waals surface area contributed by atoms with Crippen LogP contribution in [-0.2, 0) is 6.54 Å². The maximum Gasteiger partial charge on any atom is 0.203 e. The van der Waals surface area contributed by atoms with Crippen molar-refractivity contribution in [2.24, 2.45) is 0 Å². The van der Waals surface area contributed by atoms with Gasteiger partial charge in [-0.2, -0.15) is 0 Å². The molecule has 92 valence electrons. The Morgan fingerprint density at radius 2 is 2.18 bits per heavy atom. The summed E-state index contributed by atoms with van der Waals surface area (Å²) in [4.78, 5) is 4.60. The van der Waals surface area contributed by atoms with E-state index in [2.05, 4.69) is 33.9 Å². The van der Waals surface area contributed by atoms with Crippen molar-refractivity contribution < 1.29 is 0 Å². The molecule has 3 nitrogen and oxygen atoms in total. The van der Waals surface area contributed by atoms with Gasteiger partial charge in [-0.15, -0.1) is 11.6 Å². The molecule has 1 aromatic carbocycles. The van der Waals surface area contributed by atoms with Crippen molar-refractivity contribution in [1.82, 2.24) is 9.55 Å². The lowest BCUT2D eigenvalue weighted by molar-refractivity contribution is 0.650. The number of nitrogens with one attached hydrogen (secondary N) is 1. The fraction of sp³-hybridized carbons (Fsp3) is 0.462. The molecule has 17 heavy (non-hydrogen) atoms. The molecule has 0 saturated heterocycles. The number of hydrogen-bond donors (Lipinski definition) is 1. The molecule has 1 heterocycles. The highest BCUT2D eigenvalue weighted by molar-refractivity contribution is 6.18. The van der Waals surface area contributed by atoms with Gasteiger partial charge in [-0.25, -0.2) is 4.98 Å². The number of imidazole rings is 1. The third kappa shape index (κ3) is 2.72. The van der Waals surface area contributed by atoms with Crippen molar-refractivity contribution in [3.05, 3.63) is 24.3 Å². The zero-order valence-electron chi connectivity index (χ0n) is 10.1. The van der Waals surface area contributed by atoms with Crippen molar-refractivity contribution >= 4 is 28.6 Å². The van der Waals surface area contributed by atoms with Gasteiger partial charge in [0.05, 0.1) is 11.0 Å². The van der Waals surface area contributed by atoms with E-state index < -0.39 is 0 Å². The molecule has 0 aliphatic carbocycles. The van der Waals surface area contributed by atoms with Crippen molar-refractivity contribution in [2.75, 3.05) is 17.7 Å². The number of anilines is 1. The van der Waals surface area contributed by atoms with E-state index in [0.717, 1.165) is 31.0 Å². The van der Waals surface area contributed by atoms with Crippen molar-refractivity contribution in [3.8, 4) is 0 Å². The molecule has 0 atom stereocenters. The Hall–Kier alpha value is -1.22. The van der Waals surface area contributed by atoms with Crippen LogP contribution in [0.25, 0.3) is 11.0 Å². The number of aromatic nitrogens is 2. The first kappa shape index (κ1) is 12.2. The van der Waals surface area contributed by atoms with Crippen LogP contribution in [0.5, 0.6) is 0 Å². The van der Waals surface area contributed by atoms with Crippen LogP contribution in [0.2, 0.25) is 0 Å². The summed E-state index contributed by atoms with van der Waals surface area (Å²) in [5.74, 6) is 1.53. The summed E-state index contributed by atoms with van der Waals surface area (Å²) in [6.07, 6.45) is 2.34. The lowest BCUT2D eigenvalue weighted by Crippen LogP contribution is -2.09. The van der Waals surface area contributed by atoms with E-state index in [4.69, 9.17) is 11.6 Å². The number of aryl methyl sites for hydroxylation is 1. The number of halogens is 1. The Labute approximate surface area is 107 Å². The van der Waals surface area contributed by atoms with Crippen LogP contribution in [-0.4, -0.2) is 22.0 Å². The average molecular weight is 252 g/mol. The van der Waals surface area contributed by atoms with Crippen LogP contribution in [0, 0.1) is 0 Å². The first-order valence-electron chi connectivity index (χ1n) is 6.12. The van der Waals surface area contributed by atoms with Gasteiger partial charge in [-0.1, -0.05) is 25.5 Å². The highest BCUT2D eigenvalue weighted by atomic mass is 35.5. The molecule has 0 unspecified atom stereocenters. The average Bonchev–Trinajstić information content (AvgIpc) is 2.71. The number of para-hydroxylation sites is 2. The predicted octanol–water partition coefficient (Wildman–Crippen LogP) is 3.49. The van der Waals surface area contributed by atoms with E-state index in [9.17, 15) is 0 Å². The fourth-order valence-corrected chi connectivity index (χ4v) is 2.01. The molecule has 0 aliphatic rings. The quantitative estimate of drug-likeness (QED) is 0.797. The first-order chi connectivity index (χ1) is 8.36. The van der Waals surface area contributed by atoms with Crippen LogP contribution in [0.1, 0.15) is 19.8 Å². The number of rotatable bonds is 6. The van der Waals surface area contributed by atoms with Gasteiger partial charge >= 0.3 is 0 Å². The van der Waals surface area contributed by atoms with Gasteiger partial charge in [0, 0.05) is 19.0 Å². The van der Waals surface area contributed by atoms with Gasteiger partial charge in [0.1, 0.15) is 0 Å². The summed E-state index contributed by atoms with van der Waals surface area (Å²) < 4.78 is 2.24. The van der Waals surface area contributed by atoms with E-state index in [1.807, 2.05) is 12.1 Å². The number of alkyl halides is 1. The monoisotopic (exact) mass is 251 g/mol. The summed E-state index contributed by atoms with van der Waals surface area (Å²) in [5.41, 5.74) is 2.23. The van der Waals surface area contributed by atoms with E-state index in [-0.39, 0.29) is 0 Å². The molecule has 1 aromatic heterocycles. The Balaban J connectivity index is 2.34. The molecule has 1 N–H and O–H groups in total. The van der Waals surface area contributed by atoms with Gasteiger partial charge in [-0.3, -0.25) is 0 Å². The molecule has 2 rings (SSSR count). The molecule has 0 radical (unpaired) electrons. The molecule has 0 amide bonds. The first-order valence-corrected chi connectivity index (χ1v) is 6.65. The van der Waals surface area contributed by atoms with Crippen molar-refractivity contribution in [1.29, 1.82) is 0 Å². The van der Waals surface area contributed by atoms with Gasteiger partial charge in [-0.05, 0) is 18.6 Å². The second-order valence-electron chi connectivity index (χ2n) is 4.05. The van der Waals surface area contributed by atoms with E-state index >= 15 is 0 Å². The Morgan fingerprint density at radius 1 is 1.35 bits per heavy atom. The van der Waals surface area contributed by atoms with Gasteiger partial charge in [0.15, 0.2) is 0 Å². The predicted molar refractivity (Wildman–Crippen MR) is 73.9 cm³/mol. The highest BCUT2D eigenvalue weighted by Crippen LogP contribution is 2.20. The van der Waals surface area contributed by atoms with Crippen LogP contribution >= 0.6 is 11.6 Å². The molecular formula is C13H18ClN3. The molecular weight excluding hydrogens is 234 g/mol. The number of nitrogens with zero attached hydrogens (tertiary/aromatic N) is 2. The molecule has 0 aliphatic heterocycles. The molecule has 0 saturated carbocycles. The second kappa shape index (κ2) is 5.92. The van der Waals surface area contributed by atoms with E-state index in [1.54, 1.807) is 0 Å². The van der Waals surface area contributed by atoms with Crippen molar-refractivity contribution in [2.45, 2.75) is 26.3 Å². The van der Waals surface area contributed by atoms with Crippen LogP contribution in [0.15, 0.2) is 24.3 Å². The molecule has 4 heteroatoms. The minimum Gasteiger partial charge on any atom is -0.354 e. The third-order valence-corrected chi connectivity index (χ3v) is 2.96. The molecule has 0 fully saturated rings. The van der Waals surface area contributed by atoms with Crippen molar-refractivity contribution in [3.63, 3.8) is 0 Å². The van der Waals surface area contributed by atoms with Gasteiger partial charge in [0.2, 0.25) is 5.95 Å². The molecule has 0 bridgehead atoms. The number of benzene rings is 1. The number of hydrogen-bond acceptors (Lipinski definition) is 2. The zero-order valence-corrected chi connectivity index (χ0v) is 10.9. The van der Waals surface area contributed by atoms with E-state index in [0.29, 0.717) is 5.88 Å². The topological polar surface area (TPSA) is 29.9 Å². The summed E-state index contributed by atoms with van der Waals surface area (Å²) in [6.45, 7) is 3.95. The summed E-state index contributed by atoms with van der Waals surface area (Å²) >= 11 is 5.71. The smallest absolute Gasteiger partial charge is 0.203 e. The zero-order chi connectivity index (χ0) is 12.1. The van der Waals surface area contributed by atoms with Crippen LogP contribution in [0.4, 0.5) is 5.95 Å². The second-order valence-corrected chi connectivity index (χ2v) is 4.42. The third-order valence-electron chi connectivity index (χ3n) is 2.77. The molecule has 0 spiro atoms. The maximum atomic E-state index is 5.71. The van der Waals surface area contributed by atoms with Crippen LogP contribution < -0.4 is 5.32 Å². The Morgan fingerprint density at radius 3 is 2.94 bits per heavy atom. The lowest BCUT2D eigenvalue weighted by Gasteiger charge is -2.09. The standard InChI is InChI=1S/C13H18ClN3/c1-2-3-10-17-12-7-5-4-6-11(12)16-13(17)15-9-8-14/h4-7H,2-3,8-10H2,1H3,(H,15,16). The van der Waals surface area contributed by atoms with Gasteiger partial charge in [0.25, 0.3) is 0 Å².